The molecular weight excluding hydrogens is 275 g/mol. The Morgan fingerprint density at radius 3 is 2.60 bits per heavy atom. The van der Waals surface area contributed by atoms with E-state index >= 15 is 0 Å². The van der Waals surface area contributed by atoms with Crippen molar-refractivity contribution in [3.05, 3.63) is 28.2 Å². The predicted octanol–water partition coefficient (Wildman–Crippen LogP) is 3.26. The second-order valence-corrected chi connectivity index (χ2v) is 3.57. The molecule has 0 unspecified atom stereocenters. The summed E-state index contributed by atoms with van der Waals surface area (Å²) in [6.07, 6.45) is -4.41. The Hall–Kier alpha value is -1.22. The van der Waals surface area contributed by atoms with Crippen LogP contribution in [0.1, 0.15) is 5.56 Å². The number of alkyl halides is 3. The van der Waals surface area contributed by atoms with E-state index in [1.165, 1.54) is 12.1 Å². The number of nitrogens with zero attached hydrogens (tertiary/aromatic N) is 1. The number of halogens is 4. The summed E-state index contributed by atoms with van der Waals surface area (Å²) in [5, 5.41) is 8.61. The predicted molar refractivity (Wildman–Crippen MR) is 50.4 cm³/mol. The van der Waals surface area contributed by atoms with Crippen molar-refractivity contribution in [2.75, 3.05) is 6.61 Å². The van der Waals surface area contributed by atoms with Crippen LogP contribution in [0, 0.1) is 11.3 Å². The van der Waals surface area contributed by atoms with Gasteiger partial charge in [-0.3, -0.25) is 0 Å². The van der Waals surface area contributed by atoms with Crippen molar-refractivity contribution in [2.45, 2.75) is 6.18 Å². The number of rotatable bonds is 2. The molecule has 0 saturated carbocycles. The Bertz CT molecular complexity index is 397. The van der Waals surface area contributed by atoms with Gasteiger partial charge in [0.25, 0.3) is 0 Å². The summed E-state index contributed by atoms with van der Waals surface area (Å²) in [5.74, 6) is -0.0794. The molecule has 80 valence electrons. The molecule has 2 nitrogen and oxygen atoms in total. The van der Waals surface area contributed by atoms with E-state index in [9.17, 15) is 13.2 Å². The average Bonchev–Trinajstić information content (AvgIpc) is 2.14. The van der Waals surface area contributed by atoms with Crippen molar-refractivity contribution in [1.82, 2.24) is 0 Å². The molecule has 0 saturated heterocycles. The van der Waals surface area contributed by atoms with E-state index in [1.807, 2.05) is 0 Å². The van der Waals surface area contributed by atoms with Crippen LogP contribution in [-0.2, 0) is 0 Å². The van der Waals surface area contributed by atoms with E-state index in [0.29, 0.717) is 4.47 Å². The van der Waals surface area contributed by atoms with Gasteiger partial charge in [0, 0.05) is 4.47 Å². The Balaban J connectivity index is 2.85. The number of nitriles is 1. The molecule has 0 aliphatic heterocycles. The fraction of sp³-hybridized carbons (Fsp3) is 0.222. The van der Waals surface area contributed by atoms with E-state index in [4.69, 9.17) is 5.26 Å². The van der Waals surface area contributed by atoms with Gasteiger partial charge in [0.1, 0.15) is 11.8 Å². The molecule has 0 bridgehead atoms. The third-order valence-electron chi connectivity index (χ3n) is 1.46. The molecule has 0 amide bonds. The largest absolute Gasteiger partial charge is 0.483 e. The first-order valence-corrected chi connectivity index (χ1v) is 4.61. The second kappa shape index (κ2) is 4.53. The van der Waals surface area contributed by atoms with Gasteiger partial charge in [-0.1, -0.05) is 15.9 Å². The molecule has 0 heterocycles. The van der Waals surface area contributed by atoms with E-state index in [-0.39, 0.29) is 11.3 Å². The maximum absolute atomic E-state index is 11.9. The second-order valence-electron chi connectivity index (χ2n) is 2.66. The van der Waals surface area contributed by atoms with Crippen LogP contribution in [0.2, 0.25) is 0 Å². The van der Waals surface area contributed by atoms with Crippen LogP contribution >= 0.6 is 15.9 Å². The molecule has 0 aliphatic carbocycles. The molecule has 1 aromatic carbocycles. The lowest BCUT2D eigenvalue weighted by Crippen LogP contribution is -2.19. The lowest BCUT2D eigenvalue weighted by atomic mass is 10.2. The van der Waals surface area contributed by atoms with Crippen LogP contribution in [0.3, 0.4) is 0 Å². The van der Waals surface area contributed by atoms with Crippen LogP contribution in [0.5, 0.6) is 5.75 Å². The van der Waals surface area contributed by atoms with Crippen molar-refractivity contribution in [1.29, 1.82) is 5.26 Å². The first-order valence-electron chi connectivity index (χ1n) is 3.81. The topological polar surface area (TPSA) is 33.0 Å². The maximum Gasteiger partial charge on any atom is 0.422 e. The van der Waals surface area contributed by atoms with Crippen LogP contribution in [0.15, 0.2) is 22.7 Å². The summed E-state index contributed by atoms with van der Waals surface area (Å²) in [6.45, 7) is -1.40. The highest BCUT2D eigenvalue weighted by Crippen LogP contribution is 2.25. The number of ether oxygens (including phenoxy) is 1. The minimum absolute atomic E-state index is 0.0717. The fourth-order valence-electron chi connectivity index (χ4n) is 0.868. The first kappa shape index (κ1) is 11.9. The summed E-state index contributed by atoms with van der Waals surface area (Å²) in [6, 6.07) is 6.01. The van der Waals surface area contributed by atoms with Crippen molar-refractivity contribution >= 4 is 15.9 Å². The highest BCUT2D eigenvalue weighted by Gasteiger charge is 2.28. The molecule has 6 heteroatoms. The zero-order chi connectivity index (χ0) is 11.5. The van der Waals surface area contributed by atoms with Crippen molar-refractivity contribution in [2.24, 2.45) is 0 Å². The molecule has 0 N–H and O–H groups in total. The Kier molecular flexibility index (Phi) is 3.58. The van der Waals surface area contributed by atoms with Gasteiger partial charge in [-0.05, 0) is 18.2 Å². The third kappa shape index (κ3) is 3.80. The first-order chi connectivity index (χ1) is 6.92. The minimum Gasteiger partial charge on any atom is -0.483 e. The molecule has 15 heavy (non-hydrogen) atoms. The van der Waals surface area contributed by atoms with Gasteiger partial charge in [-0.15, -0.1) is 0 Å². The summed E-state index contributed by atoms with van der Waals surface area (Å²) < 4.78 is 40.6. The molecule has 1 aromatic rings. The zero-order valence-corrected chi connectivity index (χ0v) is 8.89. The van der Waals surface area contributed by atoms with Gasteiger partial charge in [0.15, 0.2) is 6.61 Å². The van der Waals surface area contributed by atoms with Gasteiger partial charge in [0.05, 0.1) is 5.56 Å². The smallest absolute Gasteiger partial charge is 0.422 e. The van der Waals surface area contributed by atoms with Gasteiger partial charge < -0.3 is 4.74 Å². The van der Waals surface area contributed by atoms with Gasteiger partial charge >= 0.3 is 6.18 Å². The number of benzene rings is 1. The normalized spacial score (nSPS) is 10.9. The summed E-state index contributed by atoms with van der Waals surface area (Å²) in [7, 11) is 0. The van der Waals surface area contributed by atoms with Crippen molar-refractivity contribution in [3.8, 4) is 11.8 Å². The Morgan fingerprint density at radius 2 is 2.07 bits per heavy atom. The molecule has 0 atom stereocenters. The molecule has 0 fully saturated rings. The standard InChI is InChI=1S/C9H5BrF3NO/c10-7-2-1-6(4-14)8(3-7)15-5-9(11,12)13/h1-3H,5H2. The lowest BCUT2D eigenvalue weighted by Gasteiger charge is -2.10. The summed E-state index contributed by atoms with van der Waals surface area (Å²) >= 11 is 3.08. The summed E-state index contributed by atoms with van der Waals surface area (Å²) in [4.78, 5) is 0. The molecule has 0 aliphatic rings. The molecule has 0 radical (unpaired) electrons. The van der Waals surface area contributed by atoms with E-state index in [1.54, 1.807) is 12.1 Å². The molecule has 0 spiro atoms. The average molecular weight is 280 g/mol. The van der Waals surface area contributed by atoms with Crippen LogP contribution in [-0.4, -0.2) is 12.8 Å². The molecular formula is C9H5BrF3NO. The fourth-order valence-corrected chi connectivity index (χ4v) is 1.21. The minimum atomic E-state index is -4.41. The lowest BCUT2D eigenvalue weighted by molar-refractivity contribution is -0.153. The third-order valence-corrected chi connectivity index (χ3v) is 1.95. The summed E-state index contributed by atoms with van der Waals surface area (Å²) in [5.41, 5.74) is 0.0717. The quantitative estimate of drug-likeness (QED) is 0.833. The van der Waals surface area contributed by atoms with E-state index < -0.39 is 12.8 Å². The van der Waals surface area contributed by atoms with Crippen LogP contribution in [0.25, 0.3) is 0 Å². The molecule has 1 rings (SSSR count). The SMILES string of the molecule is N#Cc1ccc(Br)cc1OCC(F)(F)F. The van der Waals surface area contributed by atoms with Gasteiger partial charge in [-0.2, -0.15) is 18.4 Å². The van der Waals surface area contributed by atoms with E-state index in [2.05, 4.69) is 20.7 Å². The molecule has 0 aromatic heterocycles. The highest BCUT2D eigenvalue weighted by molar-refractivity contribution is 9.10. The van der Waals surface area contributed by atoms with Crippen LogP contribution in [0.4, 0.5) is 13.2 Å². The number of hydrogen-bond acceptors (Lipinski definition) is 2. The van der Waals surface area contributed by atoms with E-state index in [0.717, 1.165) is 0 Å². The zero-order valence-electron chi connectivity index (χ0n) is 7.31. The Morgan fingerprint density at radius 1 is 1.40 bits per heavy atom. The van der Waals surface area contributed by atoms with Crippen LogP contribution < -0.4 is 4.74 Å². The van der Waals surface area contributed by atoms with Gasteiger partial charge in [0.2, 0.25) is 0 Å². The van der Waals surface area contributed by atoms with Crippen molar-refractivity contribution in [3.63, 3.8) is 0 Å². The highest BCUT2D eigenvalue weighted by atomic mass is 79.9. The monoisotopic (exact) mass is 279 g/mol. The van der Waals surface area contributed by atoms with Crippen molar-refractivity contribution < 1.29 is 17.9 Å². The van der Waals surface area contributed by atoms with Gasteiger partial charge in [-0.25, -0.2) is 0 Å². The Labute approximate surface area is 92.4 Å². The maximum atomic E-state index is 11.9. The number of hydrogen-bond donors (Lipinski definition) is 0.